The van der Waals surface area contributed by atoms with Gasteiger partial charge in [-0.15, -0.1) is 0 Å². The Morgan fingerprint density at radius 3 is 2.93 bits per heavy atom. The van der Waals surface area contributed by atoms with Crippen LogP contribution >= 0.6 is 11.6 Å². The van der Waals surface area contributed by atoms with Crippen molar-refractivity contribution in [3.63, 3.8) is 0 Å². The van der Waals surface area contributed by atoms with Crippen LogP contribution in [0, 0.1) is 6.92 Å². The highest BCUT2D eigenvalue weighted by Crippen LogP contribution is 2.17. The van der Waals surface area contributed by atoms with Crippen LogP contribution in [0.25, 0.3) is 0 Å². The van der Waals surface area contributed by atoms with Crippen LogP contribution < -0.4 is 16.4 Å². The summed E-state index contributed by atoms with van der Waals surface area (Å²) in [5, 5.41) is 5.87. The lowest BCUT2D eigenvalue weighted by Gasteiger charge is -2.08. The first-order valence-corrected chi connectivity index (χ1v) is 4.73. The molecule has 0 saturated carbocycles. The molecule has 0 aliphatic heterocycles. The number of nitrogens with one attached hydrogen (secondary N) is 2. The molecule has 6 nitrogen and oxygen atoms in total. The van der Waals surface area contributed by atoms with E-state index in [4.69, 9.17) is 17.3 Å². The molecule has 1 rings (SSSR count). The molecule has 2 amide bonds. The number of aromatic nitrogens is 2. The first-order valence-electron chi connectivity index (χ1n) is 4.35. The topological polar surface area (TPSA) is 92.9 Å². The first kappa shape index (κ1) is 11.5. The van der Waals surface area contributed by atoms with Gasteiger partial charge in [0.05, 0.1) is 0 Å². The van der Waals surface area contributed by atoms with Gasteiger partial charge in [-0.25, -0.2) is 14.8 Å². The number of urea groups is 1. The zero-order valence-corrected chi connectivity index (χ0v) is 9.01. The second-order valence-electron chi connectivity index (χ2n) is 2.86. The van der Waals surface area contributed by atoms with Crippen LogP contribution in [0.4, 0.5) is 10.6 Å². The highest BCUT2D eigenvalue weighted by atomic mass is 35.5. The standard InChI is InChI=1S/C8H12ClN5O/c1-5-6(9)13-4-14-7(5)11-2-3-12-8(10)15/h4H,2-3H2,1H3,(H3,10,12,15)(H,11,13,14). The van der Waals surface area contributed by atoms with Crippen molar-refractivity contribution in [3.05, 3.63) is 17.0 Å². The van der Waals surface area contributed by atoms with Gasteiger partial charge in [-0.3, -0.25) is 0 Å². The van der Waals surface area contributed by atoms with E-state index in [2.05, 4.69) is 20.6 Å². The van der Waals surface area contributed by atoms with E-state index in [0.29, 0.717) is 24.1 Å². The minimum atomic E-state index is -0.547. The van der Waals surface area contributed by atoms with Gasteiger partial charge >= 0.3 is 6.03 Å². The molecule has 1 heterocycles. The fourth-order valence-corrected chi connectivity index (χ4v) is 1.11. The van der Waals surface area contributed by atoms with E-state index >= 15 is 0 Å². The third kappa shape index (κ3) is 3.59. The second-order valence-corrected chi connectivity index (χ2v) is 3.21. The molecule has 0 radical (unpaired) electrons. The molecule has 0 aliphatic carbocycles. The van der Waals surface area contributed by atoms with E-state index in [9.17, 15) is 4.79 Å². The predicted octanol–water partition coefficient (Wildman–Crippen LogP) is 0.519. The van der Waals surface area contributed by atoms with Crippen molar-refractivity contribution in [3.8, 4) is 0 Å². The lowest BCUT2D eigenvalue weighted by Crippen LogP contribution is -2.33. The molecule has 7 heteroatoms. The van der Waals surface area contributed by atoms with Crippen LogP contribution in [0.2, 0.25) is 5.15 Å². The maximum Gasteiger partial charge on any atom is 0.312 e. The van der Waals surface area contributed by atoms with Gasteiger partial charge in [0, 0.05) is 18.7 Å². The van der Waals surface area contributed by atoms with Crippen LogP contribution in [0.1, 0.15) is 5.56 Å². The molecular weight excluding hydrogens is 218 g/mol. The van der Waals surface area contributed by atoms with Crippen LogP contribution in [-0.2, 0) is 0 Å². The molecular formula is C8H12ClN5O. The van der Waals surface area contributed by atoms with Gasteiger partial charge in [-0.2, -0.15) is 0 Å². The van der Waals surface area contributed by atoms with Crippen LogP contribution in [0.5, 0.6) is 0 Å². The van der Waals surface area contributed by atoms with E-state index in [1.165, 1.54) is 6.33 Å². The summed E-state index contributed by atoms with van der Waals surface area (Å²) < 4.78 is 0. The Morgan fingerprint density at radius 2 is 2.27 bits per heavy atom. The van der Waals surface area contributed by atoms with Crippen molar-refractivity contribution in [1.82, 2.24) is 15.3 Å². The summed E-state index contributed by atoms with van der Waals surface area (Å²) >= 11 is 5.80. The molecule has 0 bridgehead atoms. The van der Waals surface area contributed by atoms with Gasteiger partial charge in [-0.05, 0) is 6.92 Å². The molecule has 0 aliphatic rings. The Hall–Kier alpha value is -1.56. The number of halogens is 1. The number of carbonyl (C=O) groups excluding carboxylic acids is 1. The minimum absolute atomic E-state index is 0.412. The third-order valence-corrected chi connectivity index (χ3v) is 2.12. The maximum atomic E-state index is 10.4. The highest BCUT2D eigenvalue weighted by Gasteiger charge is 2.03. The van der Waals surface area contributed by atoms with E-state index in [0.717, 1.165) is 5.56 Å². The Balaban J connectivity index is 2.44. The molecule has 0 fully saturated rings. The SMILES string of the molecule is Cc1c(Cl)ncnc1NCCNC(N)=O. The summed E-state index contributed by atoms with van der Waals surface area (Å²) in [4.78, 5) is 18.2. The van der Waals surface area contributed by atoms with Gasteiger partial charge in [0.25, 0.3) is 0 Å². The number of primary amides is 1. The maximum absolute atomic E-state index is 10.4. The van der Waals surface area contributed by atoms with Crippen LogP contribution in [0.3, 0.4) is 0 Å². The third-order valence-electron chi connectivity index (χ3n) is 1.74. The molecule has 0 unspecified atom stereocenters. The quantitative estimate of drug-likeness (QED) is 0.518. The molecule has 0 aromatic carbocycles. The molecule has 1 aromatic heterocycles. The predicted molar refractivity (Wildman–Crippen MR) is 57.9 cm³/mol. The number of anilines is 1. The lowest BCUT2D eigenvalue weighted by atomic mass is 10.3. The zero-order chi connectivity index (χ0) is 11.3. The summed E-state index contributed by atoms with van der Waals surface area (Å²) in [6.07, 6.45) is 1.37. The van der Waals surface area contributed by atoms with Crippen molar-refractivity contribution >= 4 is 23.4 Å². The average molecular weight is 230 g/mol. The fraction of sp³-hybridized carbons (Fsp3) is 0.375. The summed E-state index contributed by atoms with van der Waals surface area (Å²) in [6, 6.07) is -0.547. The van der Waals surface area contributed by atoms with Crippen LogP contribution in [-0.4, -0.2) is 29.1 Å². The van der Waals surface area contributed by atoms with E-state index in [1.807, 2.05) is 6.92 Å². The largest absolute Gasteiger partial charge is 0.368 e. The lowest BCUT2D eigenvalue weighted by molar-refractivity contribution is 0.249. The molecule has 0 spiro atoms. The number of rotatable bonds is 4. The summed E-state index contributed by atoms with van der Waals surface area (Å²) in [7, 11) is 0. The van der Waals surface area contributed by atoms with Crippen LogP contribution in [0.15, 0.2) is 6.33 Å². The van der Waals surface area contributed by atoms with Crippen molar-refractivity contribution in [2.75, 3.05) is 18.4 Å². The number of hydrogen-bond acceptors (Lipinski definition) is 4. The number of nitrogens with two attached hydrogens (primary N) is 1. The molecule has 0 saturated heterocycles. The smallest absolute Gasteiger partial charge is 0.312 e. The normalized spacial score (nSPS) is 9.73. The monoisotopic (exact) mass is 229 g/mol. The number of carbonyl (C=O) groups is 1. The Kier molecular flexibility index (Phi) is 4.11. The average Bonchev–Trinajstić information content (AvgIpc) is 2.18. The van der Waals surface area contributed by atoms with Crippen molar-refractivity contribution < 1.29 is 4.79 Å². The summed E-state index contributed by atoms with van der Waals surface area (Å²) in [5.74, 6) is 0.654. The van der Waals surface area contributed by atoms with Gasteiger partial charge in [0.2, 0.25) is 0 Å². The summed E-state index contributed by atoms with van der Waals surface area (Å²) in [5.41, 5.74) is 5.68. The first-order chi connectivity index (χ1) is 7.11. The van der Waals surface area contributed by atoms with Crippen molar-refractivity contribution in [2.24, 2.45) is 5.73 Å². The van der Waals surface area contributed by atoms with Gasteiger partial charge in [0.1, 0.15) is 17.3 Å². The number of amides is 2. The molecule has 4 N–H and O–H groups in total. The zero-order valence-electron chi connectivity index (χ0n) is 8.25. The van der Waals surface area contributed by atoms with Gasteiger partial charge in [-0.1, -0.05) is 11.6 Å². The van der Waals surface area contributed by atoms with Crippen molar-refractivity contribution in [2.45, 2.75) is 6.92 Å². The van der Waals surface area contributed by atoms with E-state index < -0.39 is 6.03 Å². The molecule has 82 valence electrons. The Morgan fingerprint density at radius 1 is 1.53 bits per heavy atom. The highest BCUT2D eigenvalue weighted by molar-refractivity contribution is 6.30. The minimum Gasteiger partial charge on any atom is -0.368 e. The molecule has 0 atom stereocenters. The summed E-state index contributed by atoms with van der Waals surface area (Å²) in [6.45, 7) is 2.76. The van der Waals surface area contributed by atoms with Crippen molar-refractivity contribution in [1.29, 1.82) is 0 Å². The van der Waals surface area contributed by atoms with E-state index in [1.54, 1.807) is 0 Å². The number of hydrogen-bond donors (Lipinski definition) is 3. The second kappa shape index (κ2) is 5.35. The fourth-order valence-electron chi connectivity index (χ4n) is 0.973. The van der Waals surface area contributed by atoms with Gasteiger partial charge in [0.15, 0.2) is 0 Å². The Bertz CT molecular complexity index is 357. The van der Waals surface area contributed by atoms with Gasteiger partial charge < -0.3 is 16.4 Å². The molecule has 15 heavy (non-hydrogen) atoms. The molecule has 1 aromatic rings. The Labute approximate surface area is 92.2 Å². The van der Waals surface area contributed by atoms with E-state index in [-0.39, 0.29) is 0 Å². The number of nitrogens with zero attached hydrogens (tertiary/aromatic N) is 2.